The maximum absolute atomic E-state index is 2.39. The Morgan fingerprint density at radius 3 is 1.92 bits per heavy atom. The number of hydrogen-bond donors (Lipinski definition) is 0. The molecule has 0 aromatic heterocycles. The summed E-state index contributed by atoms with van der Waals surface area (Å²) in [4.78, 5) is 0. The van der Waals surface area contributed by atoms with E-state index in [1.807, 2.05) is 0 Å². The first-order valence-electron chi connectivity index (χ1n) is 5.03. The molecule has 0 saturated heterocycles. The van der Waals surface area contributed by atoms with Gasteiger partial charge in [0.1, 0.15) is 0 Å². The minimum Gasteiger partial charge on any atom is -0.0767 e. The molecule has 0 amide bonds. The fourth-order valence-electron chi connectivity index (χ4n) is 2.85. The lowest BCUT2D eigenvalue weighted by Gasteiger charge is -2.24. The third-order valence-electron chi connectivity index (χ3n) is 3.58. The minimum absolute atomic E-state index is 0.520. The van der Waals surface area contributed by atoms with Crippen LogP contribution in [0.3, 0.4) is 0 Å². The molecule has 1 saturated carbocycles. The molecule has 12 heavy (non-hydrogen) atoms. The van der Waals surface area contributed by atoms with E-state index < -0.39 is 0 Å². The van der Waals surface area contributed by atoms with Gasteiger partial charge in [0.05, 0.1) is 0 Å². The third kappa shape index (κ3) is 1.44. The molecule has 0 spiro atoms. The lowest BCUT2D eigenvalue weighted by Crippen LogP contribution is -2.14. The molecule has 0 nitrogen and oxygen atoms in total. The van der Waals surface area contributed by atoms with Crippen molar-refractivity contribution in [2.45, 2.75) is 48.0 Å². The van der Waals surface area contributed by atoms with Crippen LogP contribution in [0.5, 0.6) is 0 Å². The minimum atomic E-state index is 0.520. The van der Waals surface area contributed by atoms with Crippen molar-refractivity contribution in [3.05, 3.63) is 11.1 Å². The fourth-order valence-corrected chi connectivity index (χ4v) is 2.85. The van der Waals surface area contributed by atoms with Gasteiger partial charge in [-0.05, 0) is 37.5 Å². The van der Waals surface area contributed by atoms with Crippen molar-refractivity contribution in [2.24, 2.45) is 17.3 Å². The standard InChI is InChI=1S/C12H22/c1-8(2)11-9(3)7-12(5,6)10(11)4/h9-10H,7H2,1-6H3. The van der Waals surface area contributed by atoms with Gasteiger partial charge in [-0.25, -0.2) is 0 Å². The molecule has 70 valence electrons. The van der Waals surface area contributed by atoms with Gasteiger partial charge in [-0.15, -0.1) is 0 Å². The molecule has 1 aliphatic carbocycles. The summed E-state index contributed by atoms with van der Waals surface area (Å²) in [6.07, 6.45) is 1.36. The molecular formula is C12H22. The van der Waals surface area contributed by atoms with E-state index in [-0.39, 0.29) is 0 Å². The number of hydrogen-bond acceptors (Lipinski definition) is 0. The Balaban J connectivity index is 3.01. The van der Waals surface area contributed by atoms with Crippen molar-refractivity contribution >= 4 is 0 Å². The number of allylic oxidation sites excluding steroid dienone is 2. The monoisotopic (exact) mass is 166 g/mol. The average molecular weight is 166 g/mol. The second kappa shape index (κ2) is 2.90. The van der Waals surface area contributed by atoms with Gasteiger partial charge >= 0.3 is 0 Å². The quantitative estimate of drug-likeness (QED) is 0.477. The first-order valence-corrected chi connectivity index (χ1v) is 5.03. The molecule has 1 fully saturated rings. The second-order valence-corrected chi connectivity index (χ2v) is 5.27. The highest BCUT2D eigenvalue weighted by Crippen LogP contribution is 2.50. The van der Waals surface area contributed by atoms with Gasteiger partial charge in [0.15, 0.2) is 0 Å². The highest BCUT2D eigenvalue weighted by molar-refractivity contribution is 5.23. The molecule has 0 aliphatic heterocycles. The van der Waals surface area contributed by atoms with Crippen LogP contribution in [0.2, 0.25) is 0 Å². The van der Waals surface area contributed by atoms with Crippen LogP contribution in [0.25, 0.3) is 0 Å². The largest absolute Gasteiger partial charge is 0.0767 e. The zero-order valence-electron chi connectivity index (χ0n) is 9.36. The molecule has 0 aromatic rings. The molecule has 1 rings (SSSR count). The van der Waals surface area contributed by atoms with E-state index in [0.29, 0.717) is 5.41 Å². The SMILES string of the molecule is CC(C)=C1C(C)CC(C)(C)C1C. The van der Waals surface area contributed by atoms with Crippen LogP contribution in [-0.4, -0.2) is 0 Å². The van der Waals surface area contributed by atoms with E-state index in [1.54, 1.807) is 11.1 Å². The van der Waals surface area contributed by atoms with Gasteiger partial charge in [-0.3, -0.25) is 0 Å². The summed E-state index contributed by atoms with van der Waals surface area (Å²) in [5.74, 6) is 1.58. The van der Waals surface area contributed by atoms with Crippen LogP contribution in [0, 0.1) is 17.3 Å². The molecule has 0 bridgehead atoms. The molecular weight excluding hydrogens is 144 g/mol. The summed E-state index contributed by atoms with van der Waals surface area (Å²) < 4.78 is 0. The normalized spacial score (nSPS) is 34.0. The van der Waals surface area contributed by atoms with Crippen LogP contribution in [0.1, 0.15) is 48.0 Å². The van der Waals surface area contributed by atoms with Crippen LogP contribution in [-0.2, 0) is 0 Å². The van der Waals surface area contributed by atoms with E-state index >= 15 is 0 Å². The summed E-state index contributed by atoms with van der Waals surface area (Å²) in [6, 6.07) is 0. The van der Waals surface area contributed by atoms with Gasteiger partial charge in [0.2, 0.25) is 0 Å². The van der Waals surface area contributed by atoms with Crippen LogP contribution in [0.15, 0.2) is 11.1 Å². The number of rotatable bonds is 0. The van der Waals surface area contributed by atoms with E-state index in [2.05, 4.69) is 41.5 Å². The third-order valence-corrected chi connectivity index (χ3v) is 3.58. The fraction of sp³-hybridized carbons (Fsp3) is 0.833. The van der Waals surface area contributed by atoms with Crippen molar-refractivity contribution in [1.82, 2.24) is 0 Å². The lowest BCUT2D eigenvalue weighted by molar-refractivity contribution is 0.291. The van der Waals surface area contributed by atoms with E-state index in [0.717, 1.165) is 11.8 Å². The molecule has 2 unspecified atom stereocenters. The predicted molar refractivity (Wildman–Crippen MR) is 55.1 cm³/mol. The van der Waals surface area contributed by atoms with E-state index in [9.17, 15) is 0 Å². The van der Waals surface area contributed by atoms with Crippen LogP contribution >= 0.6 is 0 Å². The molecule has 0 radical (unpaired) electrons. The van der Waals surface area contributed by atoms with Gasteiger partial charge in [-0.1, -0.05) is 38.8 Å². The summed E-state index contributed by atoms with van der Waals surface area (Å²) in [5, 5.41) is 0. The van der Waals surface area contributed by atoms with Crippen molar-refractivity contribution in [2.75, 3.05) is 0 Å². The Kier molecular flexibility index (Phi) is 2.38. The Bertz CT molecular complexity index is 204. The van der Waals surface area contributed by atoms with Crippen molar-refractivity contribution < 1.29 is 0 Å². The summed E-state index contributed by atoms with van der Waals surface area (Å²) in [7, 11) is 0. The van der Waals surface area contributed by atoms with Crippen LogP contribution < -0.4 is 0 Å². The molecule has 0 N–H and O–H groups in total. The van der Waals surface area contributed by atoms with Crippen molar-refractivity contribution in [1.29, 1.82) is 0 Å². The maximum atomic E-state index is 2.39. The average Bonchev–Trinajstić information content (AvgIpc) is 2.02. The van der Waals surface area contributed by atoms with Crippen molar-refractivity contribution in [3.8, 4) is 0 Å². The molecule has 0 heteroatoms. The Hall–Kier alpha value is -0.260. The summed E-state index contributed by atoms with van der Waals surface area (Å²) >= 11 is 0. The first-order chi connectivity index (χ1) is 5.36. The Morgan fingerprint density at radius 2 is 1.75 bits per heavy atom. The molecule has 1 aliphatic rings. The predicted octanol–water partition coefficient (Wildman–Crippen LogP) is 4.02. The smallest absolute Gasteiger partial charge is 0.0175 e. The summed E-state index contributed by atoms with van der Waals surface area (Å²) in [6.45, 7) is 14.0. The summed E-state index contributed by atoms with van der Waals surface area (Å²) in [5.41, 5.74) is 3.77. The zero-order chi connectivity index (χ0) is 9.52. The molecule has 0 aromatic carbocycles. The van der Waals surface area contributed by atoms with Gasteiger partial charge < -0.3 is 0 Å². The molecule has 2 atom stereocenters. The Morgan fingerprint density at radius 1 is 1.25 bits per heavy atom. The first kappa shape index (κ1) is 9.83. The molecule has 0 heterocycles. The van der Waals surface area contributed by atoms with Crippen LogP contribution in [0.4, 0.5) is 0 Å². The van der Waals surface area contributed by atoms with Crippen molar-refractivity contribution in [3.63, 3.8) is 0 Å². The van der Waals surface area contributed by atoms with Gasteiger partial charge in [0, 0.05) is 0 Å². The van der Waals surface area contributed by atoms with Gasteiger partial charge in [-0.2, -0.15) is 0 Å². The second-order valence-electron chi connectivity index (χ2n) is 5.27. The highest BCUT2D eigenvalue weighted by atomic mass is 14.4. The highest BCUT2D eigenvalue weighted by Gasteiger charge is 2.39. The van der Waals surface area contributed by atoms with E-state index in [1.165, 1.54) is 6.42 Å². The topological polar surface area (TPSA) is 0 Å². The Labute approximate surface area is 77.1 Å². The van der Waals surface area contributed by atoms with Gasteiger partial charge in [0.25, 0.3) is 0 Å². The van der Waals surface area contributed by atoms with E-state index in [4.69, 9.17) is 0 Å². The zero-order valence-corrected chi connectivity index (χ0v) is 9.36. The maximum Gasteiger partial charge on any atom is -0.0175 e. The lowest BCUT2D eigenvalue weighted by atomic mass is 9.81.